The predicted octanol–water partition coefficient (Wildman–Crippen LogP) is 0.323. The van der Waals surface area contributed by atoms with Crippen LogP contribution in [0.4, 0.5) is 11.6 Å². The lowest BCUT2D eigenvalue weighted by molar-refractivity contribution is -0.122. The van der Waals surface area contributed by atoms with Gasteiger partial charge in [-0.25, -0.2) is 9.97 Å². The molecule has 1 aliphatic heterocycles. The second kappa shape index (κ2) is 5.20. The molecule has 1 aliphatic rings. The molecule has 1 fully saturated rings. The second-order valence-corrected chi connectivity index (χ2v) is 4.58. The van der Waals surface area contributed by atoms with Gasteiger partial charge in [-0.1, -0.05) is 6.92 Å². The lowest BCUT2D eigenvalue weighted by Crippen LogP contribution is -2.39. The van der Waals surface area contributed by atoms with Gasteiger partial charge < -0.3 is 16.4 Å². The fourth-order valence-electron chi connectivity index (χ4n) is 2.22. The highest BCUT2D eigenvalue weighted by Crippen LogP contribution is 2.22. The van der Waals surface area contributed by atoms with Crippen LogP contribution in [0.25, 0.3) is 0 Å². The topological polar surface area (TPSA) is 98.1 Å². The Morgan fingerprint density at radius 2 is 2.11 bits per heavy atom. The Hall–Kier alpha value is -1.85. The Balaban J connectivity index is 2.09. The van der Waals surface area contributed by atoms with Crippen LogP contribution in [0.2, 0.25) is 0 Å². The maximum atomic E-state index is 11.1. The summed E-state index contributed by atoms with van der Waals surface area (Å²) in [6, 6.07) is 1.78. The summed E-state index contributed by atoms with van der Waals surface area (Å²) >= 11 is 0. The first-order valence-corrected chi connectivity index (χ1v) is 6.28. The number of aryl methyl sites for hydroxylation is 1. The largest absolute Gasteiger partial charge is 0.384 e. The van der Waals surface area contributed by atoms with Crippen LogP contribution in [0.3, 0.4) is 0 Å². The van der Waals surface area contributed by atoms with E-state index in [4.69, 9.17) is 11.5 Å². The number of carbonyl (C=O) groups excluding carboxylic acids is 1. The molecule has 1 aromatic heterocycles. The molecule has 2 heterocycles. The minimum atomic E-state index is -0.203. The zero-order chi connectivity index (χ0) is 13.1. The Labute approximate surface area is 106 Å². The highest BCUT2D eigenvalue weighted by Gasteiger charge is 2.24. The van der Waals surface area contributed by atoms with E-state index < -0.39 is 0 Å². The van der Waals surface area contributed by atoms with Crippen molar-refractivity contribution in [1.29, 1.82) is 0 Å². The van der Waals surface area contributed by atoms with Gasteiger partial charge in [0.15, 0.2) is 0 Å². The number of nitrogen functional groups attached to an aromatic ring is 1. The number of rotatable bonds is 3. The third-order valence-electron chi connectivity index (χ3n) is 3.32. The van der Waals surface area contributed by atoms with Crippen LogP contribution in [0, 0.1) is 5.92 Å². The standard InChI is InChI=1S/C12H19N5O/c1-2-10-15-9(13)7-11(16-10)17-5-3-8(4-6-17)12(14)18/h7-8H,2-6H2,1H3,(H2,14,18)(H2,13,15,16). The number of hydrogen-bond donors (Lipinski definition) is 2. The summed E-state index contributed by atoms with van der Waals surface area (Å²) in [6.45, 7) is 3.57. The zero-order valence-corrected chi connectivity index (χ0v) is 10.6. The summed E-state index contributed by atoms with van der Waals surface area (Å²) in [7, 11) is 0. The molecule has 1 amide bonds. The number of hydrogen-bond acceptors (Lipinski definition) is 5. The molecule has 6 heteroatoms. The fourth-order valence-corrected chi connectivity index (χ4v) is 2.22. The van der Waals surface area contributed by atoms with Crippen molar-refractivity contribution in [3.63, 3.8) is 0 Å². The lowest BCUT2D eigenvalue weighted by atomic mass is 9.96. The van der Waals surface area contributed by atoms with Crippen LogP contribution in [0.15, 0.2) is 6.07 Å². The van der Waals surface area contributed by atoms with E-state index in [0.29, 0.717) is 5.82 Å². The quantitative estimate of drug-likeness (QED) is 0.804. The van der Waals surface area contributed by atoms with Crippen molar-refractivity contribution in [1.82, 2.24) is 9.97 Å². The van der Waals surface area contributed by atoms with Crippen LogP contribution < -0.4 is 16.4 Å². The van der Waals surface area contributed by atoms with Gasteiger partial charge in [-0.3, -0.25) is 4.79 Å². The van der Waals surface area contributed by atoms with Crippen LogP contribution in [-0.4, -0.2) is 29.0 Å². The van der Waals surface area contributed by atoms with E-state index in [-0.39, 0.29) is 11.8 Å². The summed E-state index contributed by atoms with van der Waals surface area (Å²) in [6.07, 6.45) is 2.32. The van der Waals surface area contributed by atoms with Gasteiger partial charge >= 0.3 is 0 Å². The molecule has 0 radical (unpaired) electrons. The maximum absolute atomic E-state index is 11.1. The Morgan fingerprint density at radius 1 is 1.44 bits per heavy atom. The van der Waals surface area contributed by atoms with Crippen LogP contribution in [-0.2, 0) is 11.2 Å². The molecule has 0 unspecified atom stereocenters. The summed E-state index contributed by atoms with van der Waals surface area (Å²) < 4.78 is 0. The molecular weight excluding hydrogens is 230 g/mol. The van der Waals surface area contributed by atoms with Crippen molar-refractivity contribution in [2.24, 2.45) is 11.7 Å². The van der Waals surface area contributed by atoms with E-state index in [1.54, 1.807) is 6.07 Å². The second-order valence-electron chi connectivity index (χ2n) is 4.58. The number of aromatic nitrogens is 2. The van der Waals surface area contributed by atoms with Crippen molar-refractivity contribution in [2.75, 3.05) is 23.7 Å². The summed E-state index contributed by atoms with van der Waals surface area (Å²) in [4.78, 5) is 21.9. The average Bonchev–Trinajstić information content (AvgIpc) is 2.38. The molecule has 0 aliphatic carbocycles. The molecule has 0 atom stereocenters. The van der Waals surface area contributed by atoms with E-state index in [1.807, 2.05) is 6.92 Å². The lowest BCUT2D eigenvalue weighted by Gasteiger charge is -2.31. The molecule has 0 saturated carbocycles. The fraction of sp³-hybridized carbons (Fsp3) is 0.583. The van der Waals surface area contributed by atoms with Gasteiger partial charge in [-0.05, 0) is 12.8 Å². The molecule has 1 aromatic rings. The number of nitrogens with zero attached hydrogens (tertiary/aromatic N) is 3. The van der Waals surface area contributed by atoms with E-state index in [0.717, 1.165) is 44.0 Å². The highest BCUT2D eigenvalue weighted by atomic mass is 16.1. The first-order chi connectivity index (χ1) is 8.60. The number of carbonyl (C=O) groups is 1. The van der Waals surface area contributed by atoms with E-state index in [1.165, 1.54) is 0 Å². The molecule has 98 valence electrons. The average molecular weight is 249 g/mol. The first-order valence-electron chi connectivity index (χ1n) is 6.28. The van der Waals surface area contributed by atoms with Gasteiger partial charge in [0.1, 0.15) is 17.5 Å². The third kappa shape index (κ3) is 2.69. The third-order valence-corrected chi connectivity index (χ3v) is 3.32. The van der Waals surface area contributed by atoms with Crippen LogP contribution in [0.1, 0.15) is 25.6 Å². The van der Waals surface area contributed by atoms with E-state index in [9.17, 15) is 4.79 Å². The molecular formula is C12H19N5O. The monoisotopic (exact) mass is 249 g/mol. The van der Waals surface area contributed by atoms with Crippen LogP contribution in [0.5, 0.6) is 0 Å². The normalized spacial score (nSPS) is 16.8. The Kier molecular flexibility index (Phi) is 3.64. The van der Waals surface area contributed by atoms with E-state index in [2.05, 4.69) is 14.9 Å². The number of nitrogens with two attached hydrogens (primary N) is 2. The SMILES string of the molecule is CCc1nc(N)cc(N2CCC(C(N)=O)CC2)n1. The van der Waals surface area contributed by atoms with E-state index >= 15 is 0 Å². The van der Waals surface area contributed by atoms with Gasteiger partial charge in [0.25, 0.3) is 0 Å². The number of piperidine rings is 1. The zero-order valence-electron chi connectivity index (χ0n) is 10.6. The van der Waals surface area contributed by atoms with Crippen LogP contribution >= 0.6 is 0 Å². The maximum Gasteiger partial charge on any atom is 0.220 e. The minimum absolute atomic E-state index is 0.00826. The van der Waals surface area contributed by atoms with Gasteiger partial charge in [0, 0.05) is 31.5 Å². The molecule has 2 rings (SSSR count). The molecule has 0 aromatic carbocycles. The van der Waals surface area contributed by atoms with Gasteiger partial charge in [-0.2, -0.15) is 0 Å². The smallest absolute Gasteiger partial charge is 0.220 e. The van der Waals surface area contributed by atoms with Gasteiger partial charge in [0.2, 0.25) is 5.91 Å². The molecule has 1 saturated heterocycles. The van der Waals surface area contributed by atoms with Crippen molar-refractivity contribution in [2.45, 2.75) is 26.2 Å². The van der Waals surface area contributed by atoms with Crippen molar-refractivity contribution in [3.8, 4) is 0 Å². The molecule has 4 N–H and O–H groups in total. The molecule has 18 heavy (non-hydrogen) atoms. The molecule has 0 bridgehead atoms. The van der Waals surface area contributed by atoms with Gasteiger partial charge in [-0.15, -0.1) is 0 Å². The minimum Gasteiger partial charge on any atom is -0.384 e. The first kappa shape index (κ1) is 12.6. The predicted molar refractivity (Wildman–Crippen MR) is 70.0 cm³/mol. The Bertz CT molecular complexity index is 440. The van der Waals surface area contributed by atoms with Crippen molar-refractivity contribution in [3.05, 3.63) is 11.9 Å². The molecule has 0 spiro atoms. The summed E-state index contributed by atoms with van der Waals surface area (Å²) in [5.41, 5.74) is 11.1. The Morgan fingerprint density at radius 3 is 2.67 bits per heavy atom. The van der Waals surface area contributed by atoms with Gasteiger partial charge in [0.05, 0.1) is 0 Å². The van der Waals surface area contributed by atoms with Crippen molar-refractivity contribution >= 4 is 17.5 Å². The number of anilines is 2. The number of amides is 1. The summed E-state index contributed by atoms with van der Waals surface area (Å²) in [5, 5.41) is 0. The number of primary amides is 1. The highest BCUT2D eigenvalue weighted by molar-refractivity contribution is 5.77. The van der Waals surface area contributed by atoms with Crippen molar-refractivity contribution < 1.29 is 4.79 Å². The molecule has 6 nitrogen and oxygen atoms in total. The summed E-state index contributed by atoms with van der Waals surface area (Å²) in [5.74, 6) is 1.88.